The molecule has 2 N–H and O–H groups in total. The quantitative estimate of drug-likeness (QED) is 0.455. The van der Waals surface area contributed by atoms with Crippen LogP contribution in [0.3, 0.4) is 0 Å². The van der Waals surface area contributed by atoms with Crippen LogP contribution in [0.4, 0.5) is 4.79 Å². The van der Waals surface area contributed by atoms with E-state index in [9.17, 15) is 9.59 Å². The maximum Gasteiger partial charge on any atom is 0.404 e. The Balaban J connectivity index is 1.36. The average Bonchev–Trinajstić information content (AvgIpc) is 2.78. The van der Waals surface area contributed by atoms with Crippen molar-refractivity contribution in [1.82, 2.24) is 15.3 Å². The SMILES string of the molecule is CC(=O)c1ncc(Oc2ccc(C(C)(C)c3ccc(O[C@H]4C[C@H](NC(=O)O)C4)cc3)cc2)cn1. The average molecular weight is 462 g/mol. The Morgan fingerprint density at radius 3 is 1.94 bits per heavy atom. The number of rotatable bonds is 8. The third-order valence-corrected chi connectivity index (χ3v) is 6.06. The summed E-state index contributed by atoms with van der Waals surface area (Å²) in [6.07, 6.45) is 3.37. The van der Waals surface area contributed by atoms with E-state index in [0.29, 0.717) is 24.3 Å². The number of carboxylic acid groups (broad SMARTS) is 1. The van der Waals surface area contributed by atoms with E-state index in [0.717, 1.165) is 16.9 Å². The predicted molar refractivity (Wildman–Crippen MR) is 126 cm³/mol. The van der Waals surface area contributed by atoms with Crippen molar-refractivity contribution < 1.29 is 24.2 Å². The Morgan fingerprint density at radius 2 is 1.44 bits per heavy atom. The van der Waals surface area contributed by atoms with E-state index in [-0.39, 0.29) is 29.2 Å². The summed E-state index contributed by atoms with van der Waals surface area (Å²) in [5, 5.41) is 11.2. The minimum atomic E-state index is -0.994. The second-order valence-electron chi connectivity index (χ2n) is 8.93. The molecule has 1 aliphatic carbocycles. The maximum absolute atomic E-state index is 11.3. The van der Waals surface area contributed by atoms with Gasteiger partial charge in [0.2, 0.25) is 0 Å². The van der Waals surface area contributed by atoms with Gasteiger partial charge in [0.25, 0.3) is 0 Å². The third kappa shape index (κ3) is 5.33. The molecule has 0 atom stereocenters. The number of ketones is 1. The molecule has 0 bridgehead atoms. The van der Waals surface area contributed by atoms with Crippen LogP contribution in [0.5, 0.6) is 17.2 Å². The highest BCUT2D eigenvalue weighted by molar-refractivity contribution is 5.90. The van der Waals surface area contributed by atoms with Gasteiger partial charge in [-0.3, -0.25) is 4.79 Å². The molecule has 1 aromatic heterocycles. The summed E-state index contributed by atoms with van der Waals surface area (Å²) < 4.78 is 11.7. The van der Waals surface area contributed by atoms with Gasteiger partial charge in [-0.1, -0.05) is 38.1 Å². The van der Waals surface area contributed by atoms with Gasteiger partial charge in [-0.25, -0.2) is 14.8 Å². The van der Waals surface area contributed by atoms with E-state index in [1.54, 1.807) is 0 Å². The number of benzene rings is 2. The van der Waals surface area contributed by atoms with Gasteiger partial charge in [0.05, 0.1) is 12.4 Å². The number of nitrogens with zero attached hydrogens (tertiary/aromatic N) is 2. The molecule has 2 aromatic carbocycles. The molecule has 3 aromatic rings. The number of hydrogen-bond acceptors (Lipinski definition) is 6. The summed E-state index contributed by atoms with van der Waals surface area (Å²) in [6, 6.07) is 15.8. The van der Waals surface area contributed by atoms with Crippen molar-refractivity contribution in [2.45, 2.75) is 51.2 Å². The van der Waals surface area contributed by atoms with Crippen LogP contribution in [-0.4, -0.2) is 39.1 Å². The molecule has 1 amide bonds. The van der Waals surface area contributed by atoms with Gasteiger partial charge >= 0.3 is 6.09 Å². The lowest BCUT2D eigenvalue weighted by Crippen LogP contribution is -2.48. The summed E-state index contributed by atoms with van der Waals surface area (Å²) in [7, 11) is 0. The predicted octanol–water partition coefficient (Wildman–Crippen LogP) is 4.97. The van der Waals surface area contributed by atoms with Crippen LogP contribution in [-0.2, 0) is 5.41 Å². The van der Waals surface area contributed by atoms with Crippen LogP contribution in [0.2, 0.25) is 0 Å². The van der Waals surface area contributed by atoms with E-state index in [4.69, 9.17) is 14.6 Å². The van der Waals surface area contributed by atoms with Gasteiger partial charge in [0.1, 0.15) is 17.6 Å². The lowest BCUT2D eigenvalue weighted by Gasteiger charge is -2.35. The van der Waals surface area contributed by atoms with Crippen molar-refractivity contribution in [3.05, 3.63) is 77.9 Å². The van der Waals surface area contributed by atoms with E-state index in [1.807, 2.05) is 36.4 Å². The summed E-state index contributed by atoms with van der Waals surface area (Å²) in [5.74, 6) is 1.86. The molecule has 4 rings (SSSR count). The smallest absolute Gasteiger partial charge is 0.404 e. The van der Waals surface area contributed by atoms with Gasteiger partial charge in [0.15, 0.2) is 17.4 Å². The number of carbonyl (C=O) groups is 2. The highest BCUT2D eigenvalue weighted by Crippen LogP contribution is 2.34. The Labute approximate surface area is 198 Å². The van der Waals surface area contributed by atoms with Gasteiger partial charge < -0.3 is 19.9 Å². The fraction of sp³-hybridized carbons (Fsp3) is 0.308. The molecule has 8 heteroatoms. The zero-order valence-electron chi connectivity index (χ0n) is 19.3. The molecule has 34 heavy (non-hydrogen) atoms. The molecule has 0 unspecified atom stereocenters. The van der Waals surface area contributed by atoms with Gasteiger partial charge in [-0.15, -0.1) is 0 Å². The zero-order valence-corrected chi connectivity index (χ0v) is 19.3. The van der Waals surface area contributed by atoms with Crippen molar-refractivity contribution >= 4 is 11.9 Å². The summed E-state index contributed by atoms with van der Waals surface area (Å²) >= 11 is 0. The second kappa shape index (κ2) is 9.51. The summed E-state index contributed by atoms with van der Waals surface area (Å²) in [4.78, 5) is 30.0. The monoisotopic (exact) mass is 461 g/mol. The Kier molecular flexibility index (Phi) is 6.49. The van der Waals surface area contributed by atoms with E-state index in [1.165, 1.54) is 19.3 Å². The number of carbonyl (C=O) groups excluding carboxylic acids is 1. The highest BCUT2D eigenvalue weighted by Gasteiger charge is 2.32. The minimum absolute atomic E-state index is 0.0277. The lowest BCUT2D eigenvalue weighted by atomic mass is 9.78. The van der Waals surface area contributed by atoms with Gasteiger partial charge in [0, 0.05) is 31.2 Å². The van der Waals surface area contributed by atoms with E-state index >= 15 is 0 Å². The fourth-order valence-electron chi connectivity index (χ4n) is 3.89. The van der Waals surface area contributed by atoms with Gasteiger partial charge in [-0.05, 0) is 35.4 Å². The first-order valence-corrected chi connectivity index (χ1v) is 11.1. The lowest BCUT2D eigenvalue weighted by molar-refractivity contribution is 0.0833. The maximum atomic E-state index is 11.3. The fourth-order valence-corrected chi connectivity index (χ4v) is 3.89. The molecule has 0 radical (unpaired) electrons. The van der Waals surface area contributed by atoms with Crippen molar-refractivity contribution in [3.8, 4) is 17.2 Å². The molecule has 1 saturated carbocycles. The van der Waals surface area contributed by atoms with Crippen LogP contribution >= 0.6 is 0 Å². The molecule has 0 aliphatic heterocycles. The van der Waals surface area contributed by atoms with Crippen molar-refractivity contribution in [2.24, 2.45) is 0 Å². The van der Waals surface area contributed by atoms with E-state index in [2.05, 4.69) is 41.3 Å². The topological polar surface area (TPSA) is 111 Å². The number of aromatic nitrogens is 2. The first-order valence-electron chi connectivity index (χ1n) is 11.1. The highest BCUT2D eigenvalue weighted by atomic mass is 16.5. The van der Waals surface area contributed by atoms with Gasteiger partial charge in [-0.2, -0.15) is 0 Å². The van der Waals surface area contributed by atoms with Crippen molar-refractivity contribution in [1.29, 1.82) is 0 Å². The first kappa shape index (κ1) is 23.2. The normalized spacial score (nSPS) is 17.4. The number of nitrogens with one attached hydrogen (secondary N) is 1. The Bertz CT molecular complexity index is 1150. The third-order valence-electron chi connectivity index (χ3n) is 6.06. The minimum Gasteiger partial charge on any atom is -0.490 e. The van der Waals surface area contributed by atoms with E-state index < -0.39 is 6.09 Å². The molecule has 1 heterocycles. The van der Waals surface area contributed by atoms with Crippen LogP contribution in [0.15, 0.2) is 60.9 Å². The molecule has 8 nitrogen and oxygen atoms in total. The molecule has 0 spiro atoms. The van der Waals surface area contributed by atoms with Crippen LogP contribution in [0, 0.1) is 0 Å². The molecule has 0 saturated heterocycles. The first-order chi connectivity index (χ1) is 16.2. The molecule has 1 fully saturated rings. The Morgan fingerprint density at radius 1 is 0.912 bits per heavy atom. The summed E-state index contributed by atoms with van der Waals surface area (Å²) in [5.41, 5.74) is 2.02. The summed E-state index contributed by atoms with van der Waals surface area (Å²) in [6.45, 7) is 5.73. The zero-order chi connectivity index (χ0) is 24.3. The van der Waals surface area contributed by atoms with Crippen LogP contribution in [0.25, 0.3) is 0 Å². The number of Topliss-reactive ketones (excluding diaryl/α,β-unsaturated/α-hetero) is 1. The number of hydrogen-bond donors (Lipinski definition) is 2. The molecule has 176 valence electrons. The van der Waals surface area contributed by atoms with Crippen LogP contribution < -0.4 is 14.8 Å². The molecular weight excluding hydrogens is 434 g/mol. The number of amides is 1. The van der Waals surface area contributed by atoms with Crippen LogP contribution in [0.1, 0.15) is 55.4 Å². The van der Waals surface area contributed by atoms with Crippen molar-refractivity contribution in [2.75, 3.05) is 0 Å². The molecule has 1 aliphatic rings. The largest absolute Gasteiger partial charge is 0.490 e. The molecular formula is C26H27N3O5. The number of ether oxygens (including phenoxy) is 2. The van der Waals surface area contributed by atoms with Crippen molar-refractivity contribution in [3.63, 3.8) is 0 Å². The second-order valence-corrected chi connectivity index (χ2v) is 8.93. The Hall–Kier alpha value is -3.94. The standard InChI is InChI=1S/C26H27N3O5/c1-16(30)24-27-14-23(15-28-24)34-21-10-6-18(7-11-21)26(2,3)17-4-8-20(9-5-17)33-22-12-19(13-22)29-25(31)32/h4-11,14-15,19,22,29H,12-13H2,1-3H3,(H,31,32)/t19-,22-.